The van der Waals surface area contributed by atoms with Gasteiger partial charge in [-0.2, -0.15) is 0 Å². The summed E-state index contributed by atoms with van der Waals surface area (Å²) in [6.45, 7) is -0.285. The normalized spacial score (nSPS) is 18.8. The second-order valence-electron chi connectivity index (χ2n) is 20.5. The molecule has 5 aliphatic rings. The van der Waals surface area contributed by atoms with Crippen LogP contribution < -0.4 is 42.8 Å². The molecule has 426 valence electrons. The number of aryl methyl sites for hydroxylation is 1. The van der Waals surface area contributed by atoms with E-state index in [1.807, 2.05) is 0 Å². The molecule has 2 aromatic carbocycles. The van der Waals surface area contributed by atoms with Gasteiger partial charge >= 0.3 is 11.9 Å². The van der Waals surface area contributed by atoms with Gasteiger partial charge in [-0.1, -0.05) is 43.7 Å². The van der Waals surface area contributed by atoms with Crippen LogP contribution in [0.15, 0.2) is 59.4 Å². The van der Waals surface area contributed by atoms with Gasteiger partial charge in [-0.15, -0.1) is 0 Å². The molecule has 1 saturated carbocycles. The van der Waals surface area contributed by atoms with Crippen LogP contribution in [0.4, 0.5) is 4.39 Å². The molecule has 26 heteroatoms. The number of carbonyl (C=O) groups excluding carboxylic acids is 9. The van der Waals surface area contributed by atoms with Crippen LogP contribution in [0, 0.1) is 18.2 Å². The van der Waals surface area contributed by atoms with Gasteiger partial charge in [0, 0.05) is 47.7 Å². The number of aliphatic hydroxyl groups is 1. The summed E-state index contributed by atoms with van der Waals surface area (Å²) in [5, 5.41) is 38.9. The third kappa shape index (κ3) is 11.5. The minimum atomic E-state index is -2.06. The number of ether oxygens (including phenoxy) is 2. The standard InChI is InChI=1S/C55H59FN10O15/c1-3-55(79)33-17-38-48-31(24-65(38)51(76)32(33)25-81-53(55)78)47-35(11-10-30-28(2)34(56)18-36(63-48)46(30)47)64-52(77)54(14-7-15-54)26-80-27-61-41(68)21-59-49(74)37(16-29-8-5-4-6-9-29)62-42(69)22-58-40(67)20-60-50(75)39(19-57-23-45(72)73)66-43(70)12-13-44(66)71/h4-6,8-9,12-13,17-18,35,37,39,57,79H,3,7,10-11,14-16,19-27H2,1-2H3,(H,58,67)(H,59,74)(H,60,75)(H,61,68)(H,62,69)(H,64,77)(H,72,73)/t35-,37-,39-,55-/m0/s1. The number of hydrogen-bond acceptors (Lipinski definition) is 16. The van der Waals surface area contributed by atoms with E-state index >= 15 is 4.39 Å². The predicted octanol–water partition coefficient (Wildman–Crippen LogP) is -1.06. The molecular weight excluding hydrogens is 1060 g/mol. The summed E-state index contributed by atoms with van der Waals surface area (Å²) < 4.78 is 28.2. The molecule has 4 atom stereocenters. The number of halogens is 1. The van der Waals surface area contributed by atoms with Crippen molar-refractivity contribution in [2.75, 3.05) is 46.1 Å². The summed E-state index contributed by atoms with van der Waals surface area (Å²) in [6, 6.07) is 8.20. The lowest BCUT2D eigenvalue weighted by atomic mass is 9.68. The van der Waals surface area contributed by atoms with Crippen LogP contribution in [0.3, 0.4) is 0 Å². The Morgan fingerprint density at radius 1 is 0.877 bits per heavy atom. The van der Waals surface area contributed by atoms with E-state index in [-0.39, 0.29) is 56.4 Å². The highest BCUT2D eigenvalue weighted by Gasteiger charge is 2.48. The van der Waals surface area contributed by atoms with Gasteiger partial charge < -0.3 is 61.5 Å². The maximum Gasteiger partial charge on any atom is 0.343 e. The van der Waals surface area contributed by atoms with E-state index in [1.54, 1.807) is 50.2 Å². The first-order valence-electron chi connectivity index (χ1n) is 26.3. The zero-order chi connectivity index (χ0) is 57.9. The Morgan fingerprint density at radius 2 is 1.57 bits per heavy atom. The van der Waals surface area contributed by atoms with Crippen molar-refractivity contribution in [3.05, 3.63) is 110 Å². The highest BCUT2D eigenvalue weighted by atomic mass is 19.1. The van der Waals surface area contributed by atoms with E-state index < -0.39 is 127 Å². The van der Waals surface area contributed by atoms with Crippen LogP contribution in [0.2, 0.25) is 0 Å². The maximum absolute atomic E-state index is 15.5. The van der Waals surface area contributed by atoms with E-state index in [0.29, 0.717) is 75.1 Å². The van der Waals surface area contributed by atoms with Gasteiger partial charge in [0.2, 0.25) is 35.4 Å². The summed E-state index contributed by atoms with van der Waals surface area (Å²) >= 11 is 0. The van der Waals surface area contributed by atoms with Crippen LogP contribution in [0.1, 0.15) is 84.0 Å². The van der Waals surface area contributed by atoms with Crippen molar-refractivity contribution < 1.29 is 72.0 Å². The van der Waals surface area contributed by atoms with Gasteiger partial charge in [0.25, 0.3) is 17.4 Å². The smallest absolute Gasteiger partial charge is 0.343 e. The van der Waals surface area contributed by atoms with Crippen molar-refractivity contribution in [1.82, 2.24) is 51.7 Å². The Hall–Kier alpha value is -8.75. The van der Waals surface area contributed by atoms with Crippen molar-refractivity contribution in [3.63, 3.8) is 0 Å². The van der Waals surface area contributed by atoms with Crippen molar-refractivity contribution in [2.24, 2.45) is 5.41 Å². The number of amides is 8. The lowest BCUT2D eigenvalue weighted by molar-refractivity contribution is -0.172. The molecule has 25 nitrogen and oxygen atoms in total. The minimum absolute atomic E-state index is 0.0178. The van der Waals surface area contributed by atoms with Crippen LogP contribution in [0.25, 0.3) is 22.3 Å². The molecule has 2 aromatic heterocycles. The number of pyridine rings is 2. The Balaban J connectivity index is 0.786. The van der Waals surface area contributed by atoms with E-state index in [0.717, 1.165) is 24.1 Å². The second kappa shape index (κ2) is 23.5. The topological polar surface area (TPSA) is 352 Å². The van der Waals surface area contributed by atoms with Gasteiger partial charge in [0.15, 0.2) is 5.60 Å². The summed E-state index contributed by atoms with van der Waals surface area (Å²) in [7, 11) is 0. The molecule has 81 heavy (non-hydrogen) atoms. The highest BCUT2D eigenvalue weighted by Crippen LogP contribution is 2.47. The molecule has 3 aliphatic heterocycles. The molecule has 0 radical (unpaired) electrons. The van der Waals surface area contributed by atoms with E-state index in [9.17, 15) is 57.8 Å². The van der Waals surface area contributed by atoms with E-state index in [4.69, 9.17) is 19.6 Å². The Bertz CT molecular complexity index is 3380. The number of nitrogens with one attached hydrogen (secondary N) is 7. The maximum atomic E-state index is 15.5. The highest BCUT2D eigenvalue weighted by molar-refractivity contribution is 6.15. The molecule has 9 N–H and O–H groups in total. The van der Waals surface area contributed by atoms with E-state index in [1.165, 1.54) is 10.6 Å². The van der Waals surface area contributed by atoms with Crippen molar-refractivity contribution in [1.29, 1.82) is 0 Å². The summed E-state index contributed by atoms with van der Waals surface area (Å²) in [5.41, 5.74) is 1.00. The monoisotopic (exact) mass is 1120 g/mol. The summed E-state index contributed by atoms with van der Waals surface area (Å²) in [4.78, 5) is 148. The van der Waals surface area contributed by atoms with Gasteiger partial charge in [-0.3, -0.25) is 52.8 Å². The number of benzene rings is 2. The van der Waals surface area contributed by atoms with Crippen molar-refractivity contribution in [2.45, 2.75) is 95.7 Å². The molecule has 5 heterocycles. The van der Waals surface area contributed by atoms with Crippen molar-refractivity contribution >= 4 is 70.1 Å². The molecule has 0 bridgehead atoms. The number of fused-ring (bicyclic) bond motifs is 5. The number of aromatic nitrogens is 2. The summed E-state index contributed by atoms with van der Waals surface area (Å²) in [5.74, 6) is -8.57. The molecular formula is C55H59FN10O15. The first-order chi connectivity index (χ1) is 38.7. The molecule has 0 spiro atoms. The van der Waals surface area contributed by atoms with Crippen LogP contribution in [-0.4, -0.2) is 142 Å². The molecule has 8 amide bonds. The van der Waals surface area contributed by atoms with Crippen LogP contribution >= 0.6 is 0 Å². The Kier molecular flexibility index (Phi) is 16.5. The first-order valence-corrected chi connectivity index (χ1v) is 26.3. The molecule has 9 rings (SSSR count). The van der Waals surface area contributed by atoms with Crippen molar-refractivity contribution in [3.8, 4) is 11.4 Å². The SMILES string of the molecule is CC[C@@]1(O)C(=O)OCc2c1cc1n(c2=O)Cc2c-1nc1cc(F)c(C)c3c1c2[C@@H](NC(=O)C1(COCNC(=O)CNC(=O)[C@H](Cc2ccccc2)NC(=O)CNC(=O)CNC(=O)[C@H](CNCC(=O)O)N2C(=O)C=CC2=O)CCC1)CC3. The fourth-order valence-electron chi connectivity index (χ4n) is 10.9. The minimum Gasteiger partial charge on any atom is -0.480 e. The van der Waals surface area contributed by atoms with E-state index in [2.05, 4.69) is 37.2 Å². The summed E-state index contributed by atoms with van der Waals surface area (Å²) in [6.07, 6.45) is 4.29. The quantitative estimate of drug-likeness (QED) is 0.0163. The van der Waals surface area contributed by atoms with Gasteiger partial charge in [0.05, 0.1) is 73.3 Å². The zero-order valence-corrected chi connectivity index (χ0v) is 44.2. The van der Waals surface area contributed by atoms with Crippen LogP contribution in [0.5, 0.6) is 0 Å². The van der Waals surface area contributed by atoms with Gasteiger partial charge in [-0.05, 0) is 67.3 Å². The number of aliphatic carboxylic acids is 1. The zero-order valence-electron chi connectivity index (χ0n) is 44.2. The van der Waals surface area contributed by atoms with Gasteiger partial charge in [0.1, 0.15) is 31.2 Å². The molecule has 4 aromatic rings. The number of rotatable bonds is 23. The lowest BCUT2D eigenvalue weighted by Gasteiger charge is -2.41. The number of imide groups is 1. The van der Waals surface area contributed by atoms with Gasteiger partial charge in [-0.25, -0.2) is 14.2 Å². The average molecular weight is 1120 g/mol. The Labute approximate surface area is 460 Å². The number of carboxylic acid groups (broad SMARTS) is 1. The number of esters is 1. The second-order valence-corrected chi connectivity index (χ2v) is 20.5. The number of carboxylic acids is 1. The average Bonchev–Trinajstić information content (AvgIpc) is 4.19. The Morgan fingerprint density at radius 3 is 2.25 bits per heavy atom. The number of carbonyl (C=O) groups is 10. The number of nitrogens with zero attached hydrogens (tertiary/aromatic N) is 3. The number of cyclic esters (lactones) is 1. The lowest BCUT2D eigenvalue weighted by Crippen LogP contribution is -2.56. The predicted molar refractivity (Wildman–Crippen MR) is 280 cm³/mol. The molecule has 2 aliphatic carbocycles. The fourth-order valence-corrected chi connectivity index (χ4v) is 10.9. The largest absolute Gasteiger partial charge is 0.480 e. The van der Waals surface area contributed by atoms with Crippen LogP contribution in [-0.2, 0) is 89.0 Å². The number of hydrogen-bond donors (Lipinski definition) is 9. The fraction of sp³-hybridized carbons (Fsp3) is 0.418. The first kappa shape index (κ1) is 57.0. The third-order valence-corrected chi connectivity index (χ3v) is 15.5. The molecule has 1 fully saturated rings. The third-order valence-electron chi connectivity index (χ3n) is 15.5. The molecule has 0 saturated heterocycles. The molecule has 0 unspecified atom stereocenters.